The van der Waals surface area contributed by atoms with E-state index in [0.717, 1.165) is 5.52 Å². The van der Waals surface area contributed by atoms with E-state index in [9.17, 15) is 4.39 Å². The van der Waals surface area contributed by atoms with Crippen molar-refractivity contribution in [3.8, 4) is 0 Å². The third-order valence-corrected chi connectivity index (χ3v) is 3.87. The highest BCUT2D eigenvalue weighted by molar-refractivity contribution is 9.10. The molecular formula is C15H10BrClFNO. The smallest absolute Gasteiger partial charge is 0.197 e. The number of oxazole rings is 1. The first-order valence-corrected chi connectivity index (χ1v) is 7.30. The normalized spacial score (nSPS) is 12.8. The van der Waals surface area contributed by atoms with Gasteiger partial charge >= 0.3 is 0 Å². The van der Waals surface area contributed by atoms with Crippen molar-refractivity contribution in [2.24, 2.45) is 0 Å². The third-order valence-electron chi connectivity index (χ3n) is 2.99. The number of aromatic nitrogens is 1. The molecule has 0 fully saturated rings. The minimum Gasteiger partial charge on any atom is -0.441 e. The summed E-state index contributed by atoms with van der Waals surface area (Å²) in [5.74, 6) is 0.170. The van der Waals surface area contributed by atoms with E-state index in [4.69, 9.17) is 16.0 Å². The maximum atomic E-state index is 13.8. The molecule has 0 aliphatic carbocycles. The van der Waals surface area contributed by atoms with Gasteiger partial charge in [0.2, 0.25) is 0 Å². The van der Waals surface area contributed by atoms with E-state index in [2.05, 4.69) is 20.9 Å². The molecule has 0 aliphatic heterocycles. The highest BCUT2D eigenvalue weighted by atomic mass is 79.9. The van der Waals surface area contributed by atoms with Crippen LogP contribution in [0.4, 0.5) is 4.39 Å². The maximum Gasteiger partial charge on any atom is 0.197 e. The highest BCUT2D eigenvalue weighted by Crippen LogP contribution is 2.29. The molecule has 2 aromatic carbocycles. The van der Waals surface area contributed by atoms with Crippen LogP contribution >= 0.6 is 27.5 Å². The maximum absolute atomic E-state index is 13.8. The van der Waals surface area contributed by atoms with Gasteiger partial charge in [-0.3, -0.25) is 0 Å². The molecular weight excluding hydrogens is 345 g/mol. The average Bonchev–Trinajstić information content (AvgIpc) is 2.80. The first-order chi connectivity index (χ1) is 9.63. The van der Waals surface area contributed by atoms with Gasteiger partial charge in [-0.1, -0.05) is 34.1 Å². The van der Waals surface area contributed by atoms with Crippen LogP contribution in [0.3, 0.4) is 0 Å². The summed E-state index contributed by atoms with van der Waals surface area (Å²) >= 11 is 9.49. The fourth-order valence-electron chi connectivity index (χ4n) is 2.03. The lowest BCUT2D eigenvalue weighted by atomic mass is 10.1. The molecule has 3 rings (SSSR count). The van der Waals surface area contributed by atoms with E-state index in [-0.39, 0.29) is 5.82 Å². The lowest BCUT2D eigenvalue weighted by Crippen LogP contribution is -1.99. The van der Waals surface area contributed by atoms with Gasteiger partial charge in [-0.25, -0.2) is 9.37 Å². The van der Waals surface area contributed by atoms with Crippen LogP contribution in [0.2, 0.25) is 0 Å². The van der Waals surface area contributed by atoms with Gasteiger partial charge in [-0.05, 0) is 24.3 Å². The Labute approximate surface area is 128 Å². The Kier molecular flexibility index (Phi) is 3.76. The van der Waals surface area contributed by atoms with Crippen LogP contribution in [0, 0.1) is 5.82 Å². The number of halogens is 3. The first kappa shape index (κ1) is 13.6. The Morgan fingerprint density at radius 1 is 1.25 bits per heavy atom. The molecule has 0 spiro atoms. The molecule has 0 aliphatic rings. The van der Waals surface area contributed by atoms with E-state index in [1.54, 1.807) is 12.1 Å². The number of hydrogen-bond acceptors (Lipinski definition) is 2. The first-order valence-electron chi connectivity index (χ1n) is 6.07. The molecule has 1 aromatic heterocycles. The second kappa shape index (κ2) is 5.54. The van der Waals surface area contributed by atoms with Crippen LogP contribution in [-0.4, -0.2) is 4.98 Å². The van der Waals surface area contributed by atoms with Crippen molar-refractivity contribution in [2.45, 2.75) is 11.8 Å². The predicted octanol–water partition coefficient (Wildman–Crippen LogP) is 5.25. The summed E-state index contributed by atoms with van der Waals surface area (Å²) < 4.78 is 20.1. The van der Waals surface area contributed by atoms with Crippen LogP contribution < -0.4 is 0 Å². The molecule has 20 heavy (non-hydrogen) atoms. The number of benzene rings is 2. The standard InChI is InChI=1S/C15H10BrClFNO/c16-9-5-6-10(12(18)7-9)11(17)8-15-19-13-3-1-2-4-14(13)20-15/h1-7,11H,8H2. The third kappa shape index (κ3) is 2.72. The number of alkyl halides is 1. The Morgan fingerprint density at radius 2 is 2.05 bits per heavy atom. The Bertz CT molecular complexity index is 725. The molecule has 1 unspecified atom stereocenters. The summed E-state index contributed by atoms with van der Waals surface area (Å²) in [5.41, 5.74) is 1.93. The van der Waals surface area contributed by atoms with Crippen LogP contribution in [0.15, 0.2) is 51.4 Å². The minimum atomic E-state index is -0.517. The SMILES string of the molecule is Fc1cc(Br)ccc1C(Cl)Cc1nc2ccccc2o1. The molecule has 0 amide bonds. The zero-order chi connectivity index (χ0) is 14.1. The van der Waals surface area contributed by atoms with Crippen molar-refractivity contribution < 1.29 is 8.81 Å². The summed E-state index contributed by atoms with van der Waals surface area (Å²) in [5, 5.41) is -0.517. The number of rotatable bonds is 3. The van der Waals surface area contributed by atoms with E-state index >= 15 is 0 Å². The lowest BCUT2D eigenvalue weighted by Gasteiger charge is -2.08. The summed E-state index contributed by atoms with van der Waals surface area (Å²) in [4.78, 5) is 4.34. The summed E-state index contributed by atoms with van der Waals surface area (Å²) in [6.07, 6.45) is 0.342. The van der Waals surface area contributed by atoms with Gasteiger partial charge in [0.05, 0.1) is 5.38 Å². The van der Waals surface area contributed by atoms with Gasteiger partial charge in [0.1, 0.15) is 11.3 Å². The second-order valence-electron chi connectivity index (χ2n) is 4.41. The largest absolute Gasteiger partial charge is 0.441 e. The fourth-order valence-corrected chi connectivity index (χ4v) is 2.67. The minimum absolute atomic E-state index is 0.338. The van der Waals surface area contributed by atoms with Crippen molar-refractivity contribution >= 4 is 38.6 Å². The van der Waals surface area contributed by atoms with E-state index in [1.165, 1.54) is 6.07 Å². The number of nitrogens with zero attached hydrogens (tertiary/aromatic N) is 1. The Hall–Kier alpha value is -1.39. The van der Waals surface area contributed by atoms with E-state index < -0.39 is 5.38 Å². The van der Waals surface area contributed by atoms with Crippen LogP contribution in [-0.2, 0) is 6.42 Å². The monoisotopic (exact) mass is 353 g/mol. The van der Waals surface area contributed by atoms with Gasteiger partial charge in [0, 0.05) is 16.5 Å². The summed E-state index contributed by atoms with van der Waals surface area (Å²) in [6, 6.07) is 12.3. The van der Waals surface area contributed by atoms with Gasteiger partial charge in [-0.2, -0.15) is 0 Å². The van der Waals surface area contributed by atoms with Crippen LogP contribution in [0.1, 0.15) is 16.8 Å². The quantitative estimate of drug-likeness (QED) is 0.600. The molecule has 0 N–H and O–H groups in total. The average molecular weight is 355 g/mol. The van der Waals surface area contributed by atoms with Crippen molar-refractivity contribution in [2.75, 3.05) is 0 Å². The molecule has 0 saturated carbocycles. The molecule has 5 heteroatoms. The zero-order valence-electron chi connectivity index (χ0n) is 10.3. The Balaban J connectivity index is 1.86. The van der Waals surface area contributed by atoms with Crippen molar-refractivity contribution in [1.29, 1.82) is 0 Å². The molecule has 0 saturated heterocycles. The summed E-state index contributed by atoms with van der Waals surface area (Å²) in [6.45, 7) is 0. The molecule has 2 nitrogen and oxygen atoms in total. The number of fused-ring (bicyclic) bond motifs is 1. The Morgan fingerprint density at radius 3 is 2.80 bits per heavy atom. The second-order valence-corrected chi connectivity index (χ2v) is 5.86. The lowest BCUT2D eigenvalue weighted by molar-refractivity contribution is 0.519. The molecule has 0 bridgehead atoms. The predicted molar refractivity (Wildman–Crippen MR) is 80.4 cm³/mol. The van der Waals surface area contributed by atoms with E-state index in [0.29, 0.717) is 27.9 Å². The van der Waals surface area contributed by atoms with Gasteiger partial charge in [0.15, 0.2) is 11.5 Å². The molecule has 3 aromatic rings. The molecule has 0 radical (unpaired) electrons. The fraction of sp³-hybridized carbons (Fsp3) is 0.133. The van der Waals surface area contributed by atoms with E-state index in [1.807, 2.05) is 24.3 Å². The van der Waals surface area contributed by atoms with Crippen LogP contribution in [0.25, 0.3) is 11.1 Å². The zero-order valence-corrected chi connectivity index (χ0v) is 12.7. The molecule has 1 atom stereocenters. The number of para-hydroxylation sites is 2. The van der Waals surface area contributed by atoms with Gasteiger partial charge < -0.3 is 4.42 Å². The topological polar surface area (TPSA) is 26.0 Å². The van der Waals surface area contributed by atoms with Crippen molar-refractivity contribution in [1.82, 2.24) is 4.98 Å². The summed E-state index contributed by atoms with van der Waals surface area (Å²) in [7, 11) is 0. The van der Waals surface area contributed by atoms with Crippen LogP contribution in [0.5, 0.6) is 0 Å². The van der Waals surface area contributed by atoms with Gasteiger partial charge in [-0.15, -0.1) is 11.6 Å². The van der Waals surface area contributed by atoms with Crippen molar-refractivity contribution in [3.63, 3.8) is 0 Å². The van der Waals surface area contributed by atoms with Crippen molar-refractivity contribution in [3.05, 3.63) is 64.2 Å². The highest BCUT2D eigenvalue weighted by Gasteiger charge is 2.17. The van der Waals surface area contributed by atoms with Gasteiger partial charge in [0.25, 0.3) is 0 Å². The number of hydrogen-bond donors (Lipinski definition) is 0. The molecule has 102 valence electrons. The molecule has 1 heterocycles.